The summed E-state index contributed by atoms with van der Waals surface area (Å²) in [5, 5.41) is 6.72. The Morgan fingerprint density at radius 2 is 2.37 bits per heavy atom. The highest BCUT2D eigenvalue weighted by atomic mass is 32.1. The van der Waals surface area contributed by atoms with Crippen LogP contribution in [0.2, 0.25) is 0 Å². The minimum absolute atomic E-state index is 0.406. The van der Waals surface area contributed by atoms with E-state index in [2.05, 4.69) is 39.4 Å². The molecular weight excluding hydrogens is 256 g/mol. The lowest BCUT2D eigenvalue weighted by atomic mass is 9.93. The molecule has 1 N–H and O–H groups in total. The van der Waals surface area contributed by atoms with Crippen molar-refractivity contribution in [3.63, 3.8) is 0 Å². The molecule has 2 rings (SSSR count). The molecule has 4 nitrogen and oxygen atoms in total. The fraction of sp³-hybridized carbons (Fsp3) is 0.714. The Labute approximate surface area is 120 Å². The first kappa shape index (κ1) is 14.3. The van der Waals surface area contributed by atoms with Crippen molar-refractivity contribution in [3.8, 4) is 0 Å². The number of rotatable bonds is 3. The summed E-state index contributed by atoms with van der Waals surface area (Å²) in [6.45, 7) is 9.77. The lowest BCUT2D eigenvalue weighted by Gasteiger charge is -2.23. The number of guanidine groups is 1. The minimum Gasteiger partial charge on any atom is -0.356 e. The molecule has 5 heteroatoms. The van der Waals surface area contributed by atoms with Crippen molar-refractivity contribution in [1.82, 2.24) is 15.2 Å². The predicted octanol–water partition coefficient (Wildman–Crippen LogP) is 2.30. The normalized spacial score (nSPS) is 18.9. The fourth-order valence-electron chi connectivity index (χ4n) is 2.45. The van der Waals surface area contributed by atoms with Crippen LogP contribution < -0.4 is 5.32 Å². The summed E-state index contributed by atoms with van der Waals surface area (Å²) in [6, 6.07) is 0. The largest absolute Gasteiger partial charge is 0.356 e. The minimum atomic E-state index is 0.406. The highest BCUT2D eigenvalue weighted by Gasteiger charge is 2.30. The average Bonchev–Trinajstić information content (AvgIpc) is 2.91. The van der Waals surface area contributed by atoms with Gasteiger partial charge in [-0.2, -0.15) is 0 Å². The molecule has 1 aliphatic rings. The van der Waals surface area contributed by atoms with Crippen molar-refractivity contribution in [3.05, 3.63) is 16.1 Å². The van der Waals surface area contributed by atoms with Gasteiger partial charge in [0.2, 0.25) is 0 Å². The van der Waals surface area contributed by atoms with E-state index in [0.717, 1.165) is 37.0 Å². The molecule has 2 heterocycles. The molecule has 0 atom stereocenters. The van der Waals surface area contributed by atoms with E-state index < -0.39 is 0 Å². The number of aliphatic imine (C=N–C) groups is 1. The van der Waals surface area contributed by atoms with Gasteiger partial charge in [-0.3, -0.25) is 4.99 Å². The maximum Gasteiger partial charge on any atom is 0.193 e. The van der Waals surface area contributed by atoms with Crippen LogP contribution in [0.4, 0.5) is 0 Å². The SMILES string of the molecule is CN=C(NCCc1csc(C)n1)N1CCC(C)(C)C1. The van der Waals surface area contributed by atoms with Gasteiger partial charge in [0.25, 0.3) is 0 Å². The summed E-state index contributed by atoms with van der Waals surface area (Å²) in [6.07, 6.45) is 2.19. The number of thiazole rings is 1. The molecule has 19 heavy (non-hydrogen) atoms. The third-order valence-corrected chi connectivity index (χ3v) is 4.34. The van der Waals surface area contributed by atoms with Crippen LogP contribution in [0.3, 0.4) is 0 Å². The van der Waals surface area contributed by atoms with Crippen LogP contribution in [0, 0.1) is 12.3 Å². The van der Waals surface area contributed by atoms with E-state index in [9.17, 15) is 0 Å². The first-order valence-corrected chi connectivity index (χ1v) is 7.75. The van der Waals surface area contributed by atoms with E-state index in [4.69, 9.17) is 0 Å². The Morgan fingerprint density at radius 1 is 1.58 bits per heavy atom. The highest BCUT2D eigenvalue weighted by molar-refractivity contribution is 7.09. The van der Waals surface area contributed by atoms with Crippen LogP contribution in [-0.4, -0.2) is 42.5 Å². The lowest BCUT2D eigenvalue weighted by Crippen LogP contribution is -2.41. The molecule has 0 spiro atoms. The number of likely N-dealkylation sites (tertiary alicyclic amines) is 1. The number of aryl methyl sites for hydroxylation is 1. The van der Waals surface area contributed by atoms with Gasteiger partial charge in [-0.1, -0.05) is 13.8 Å². The van der Waals surface area contributed by atoms with Crippen molar-refractivity contribution >= 4 is 17.3 Å². The zero-order valence-corrected chi connectivity index (χ0v) is 13.2. The number of hydrogen-bond donors (Lipinski definition) is 1. The van der Waals surface area contributed by atoms with Gasteiger partial charge in [-0.15, -0.1) is 11.3 Å². The third kappa shape index (κ3) is 3.93. The monoisotopic (exact) mass is 280 g/mol. The van der Waals surface area contributed by atoms with Gasteiger partial charge in [0.15, 0.2) is 5.96 Å². The standard InChI is InChI=1S/C14H24N4S/c1-11-17-12(9-19-11)5-7-16-13(15-4)18-8-6-14(2,3)10-18/h9H,5-8,10H2,1-4H3,(H,15,16). The molecule has 0 radical (unpaired) electrons. The Hall–Kier alpha value is -1.10. The van der Waals surface area contributed by atoms with E-state index in [1.54, 1.807) is 11.3 Å². The second kappa shape index (κ2) is 5.90. The van der Waals surface area contributed by atoms with Crippen molar-refractivity contribution < 1.29 is 0 Å². The first-order valence-electron chi connectivity index (χ1n) is 6.87. The summed E-state index contributed by atoms with van der Waals surface area (Å²) in [4.78, 5) is 11.2. The van der Waals surface area contributed by atoms with E-state index in [-0.39, 0.29) is 0 Å². The fourth-order valence-corrected chi connectivity index (χ4v) is 3.10. The number of nitrogens with zero attached hydrogens (tertiary/aromatic N) is 3. The number of hydrogen-bond acceptors (Lipinski definition) is 3. The number of nitrogens with one attached hydrogen (secondary N) is 1. The summed E-state index contributed by atoms with van der Waals surface area (Å²) >= 11 is 1.71. The van der Waals surface area contributed by atoms with Crippen molar-refractivity contribution in [1.29, 1.82) is 0 Å². The highest BCUT2D eigenvalue weighted by Crippen LogP contribution is 2.28. The molecule has 0 amide bonds. The molecule has 0 unspecified atom stereocenters. The van der Waals surface area contributed by atoms with Crippen LogP contribution in [0.15, 0.2) is 10.4 Å². The third-order valence-electron chi connectivity index (χ3n) is 3.52. The summed E-state index contributed by atoms with van der Waals surface area (Å²) in [7, 11) is 1.86. The van der Waals surface area contributed by atoms with Gasteiger partial charge >= 0.3 is 0 Å². The second-order valence-electron chi connectivity index (χ2n) is 5.92. The molecule has 1 saturated heterocycles. The van der Waals surface area contributed by atoms with Gasteiger partial charge in [-0.25, -0.2) is 4.98 Å². The Balaban J connectivity index is 1.81. The van der Waals surface area contributed by atoms with Gasteiger partial charge in [-0.05, 0) is 18.8 Å². The second-order valence-corrected chi connectivity index (χ2v) is 6.98. The van der Waals surface area contributed by atoms with Crippen LogP contribution >= 0.6 is 11.3 Å². The van der Waals surface area contributed by atoms with Crippen LogP contribution in [0.25, 0.3) is 0 Å². The molecule has 1 aromatic rings. The molecule has 0 aromatic carbocycles. The maximum absolute atomic E-state index is 4.48. The average molecular weight is 280 g/mol. The Bertz CT molecular complexity index is 450. The van der Waals surface area contributed by atoms with E-state index in [1.807, 2.05) is 14.0 Å². The predicted molar refractivity (Wildman–Crippen MR) is 81.9 cm³/mol. The van der Waals surface area contributed by atoms with Gasteiger partial charge in [0.05, 0.1) is 10.7 Å². The number of aromatic nitrogens is 1. The molecule has 0 bridgehead atoms. The van der Waals surface area contributed by atoms with Gasteiger partial charge < -0.3 is 10.2 Å². The van der Waals surface area contributed by atoms with E-state index in [0.29, 0.717) is 5.41 Å². The molecule has 1 aliphatic heterocycles. The van der Waals surface area contributed by atoms with Crippen molar-refractivity contribution in [2.75, 3.05) is 26.7 Å². The van der Waals surface area contributed by atoms with Crippen LogP contribution in [0.5, 0.6) is 0 Å². The topological polar surface area (TPSA) is 40.5 Å². The zero-order chi connectivity index (χ0) is 13.9. The smallest absolute Gasteiger partial charge is 0.193 e. The van der Waals surface area contributed by atoms with E-state index >= 15 is 0 Å². The van der Waals surface area contributed by atoms with E-state index in [1.165, 1.54) is 12.1 Å². The maximum atomic E-state index is 4.48. The first-order chi connectivity index (χ1) is 9.00. The molecular formula is C14H24N4S. The van der Waals surface area contributed by atoms with Crippen LogP contribution in [-0.2, 0) is 6.42 Å². The quantitative estimate of drug-likeness (QED) is 0.682. The Morgan fingerprint density at radius 3 is 2.89 bits per heavy atom. The Kier molecular flexibility index (Phi) is 4.45. The lowest BCUT2D eigenvalue weighted by molar-refractivity contribution is 0.370. The molecule has 1 fully saturated rings. The van der Waals surface area contributed by atoms with Crippen molar-refractivity contribution in [2.45, 2.75) is 33.6 Å². The van der Waals surface area contributed by atoms with Gasteiger partial charge in [0, 0.05) is 38.5 Å². The zero-order valence-electron chi connectivity index (χ0n) is 12.4. The molecule has 1 aromatic heterocycles. The summed E-state index contributed by atoms with van der Waals surface area (Å²) in [5.41, 5.74) is 1.58. The van der Waals surface area contributed by atoms with Crippen LogP contribution in [0.1, 0.15) is 31.0 Å². The van der Waals surface area contributed by atoms with Crippen molar-refractivity contribution in [2.24, 2.45) is 10.4 Å². The molecule has 0 saturated carbocycles. The summed E-state index contributed by atoms with van der Waals surface area (Å²) in [5.74, 6) is 1.03. The van der Waals surface area contributed by atoms with Gasteiger partial charge in [0.1, 0.15) is 0 Å². The summed E-state index contributed by atoms with van der Waals surface area (Å²) < 4.78 is 0. The molecule has 106 valence electrons. The molecule has 0 aliphatic carbocycles.